The van der Waals surface area contributed by atoms with Gasteiger partial charge in [-0.3, -0.25) is 0 Å². The molecule has 0 bridgehead atoms. The summed E-state index contributed by atoms with van der Waals surface area (Å²) in [4.78, 5) is 0. The summed E-state index contributed by atoms with van der Waals surface area (Å²) in [7, 11) is 1.92. The molecule has 0 saturated carbocycles. The van der Waals surface area contributed by atoms with Crippen LogP contribution in [0.1, 0.15) is 36.5 Å². The molecule has 3 heteroatoms. The molecule has 0 aliphatic carbocycles. The van der Waals surface area contributed by atoms with E-state index >= 15 is 0 Å². The van der Waals surface area contributed by atoms with Gasteiger partial charge in [0.25, 0.3) is 0 Å². The van der Waals surface area contributed by atoms with Gasteiger partial charge in [-0.25, -0.2) is 0 Å². The summed E-state index contributed by atoms with van der Waals surface area (Å²) in [5.74, 6) is 2.22. The minimum atomic E-state index is -0.125. The molecule has 1 unspecified atom stereocenters. The second-order valence-corrected chi connectivity index (χ2v) is 6.73. The number of aliphatic hydroxyl groups excluding tert-OH is 1. The molecule has 0 saturated heterocycles. The van der Waals surface area contributed by atoms with Gasteiger partial charge in [0.15, 0.2) is 0 Å². The topological polar surface area (TPSA) is 32.3 Å². The molecule has 0 amide bonds. The molecule has 0 heterocycles. The van der Waals surface area contributed by atoms with E-state index < -0.39 is 0 Å². The van der Waals surface area contributed by atoms with Crippen molar-refractivity contribution in [1.82, 2.24) is 5.32 Å². The minimum absolute atomic E-state index is 0.125. The first-order valence-corrected chi connectivity index (χ1v) is 8.09. The van der Waals surface area contributed by atoms with E-state index in [-0.39, 0.29) is 12.1 Å². The Labute approximate surface area is 122 Å². The first-order chi connectivity index (χ1) is 8.99. The summed E-state index contributed by atoms with van der Waals surface area (Å²) in [5.41, 5.74) is 3.99. The average Bonchev–Trinajstić information content (AvgIpc) is 2.37. The first-order valence-electron chi connectivity index (χ1n) is 6.94. The van der Waals surface area contributed by atoms with Crippen molar-refractivity contribution in [1.29, 1.82) is 0 Å². The molecule has 1 aromatic carbocycles. The Morgan fingerprint density at radius 1 is 1.21 bits per heavy atom. The molecule has 0 aliphatic heterocycles. The molecular formula is C16H27NOS. The van der Waals surface area contributed by atoms with Gasteiger partial charge < -0.3 is 10.4 Å². The van der Waals surface area contributed by atoms with Crippen LogP contribution in [0.3, 0.4) is 0 Å². The Hall–Kier alpha value is -0.510. The zero-order valence-corrected chi connectivity index (χ0v) is 13.4. The van der Waals surface area contributed by atoms with E-state index in [4.69, 9.17) is 0 Å². The number of aryl methyl sites for hydroxylation is 2. The normalized spacial score (nSPS) is 14.4. The van der Waals surface area contributed by atoms with Crippen molar-refractivity contribution >= 4 is 11.8 Å². The number of thioether (sulfide) groups is 1. The summed E-state index contributed by atoms with van der Waals surface area (Å²) >= 11 is 1.98. The fraction of sp³-hybridized carbons (Fsp3) is 0.625. The molecule has 0 fully saturated rings. The Kier molecular flexibility index (Phi) is 6.90. The van der Waals surface area contributed by atoms with Crippen molar-refractivity contribution in [3.05, 3.63) is 34.9 Å². The first kappa shape index (κ1) is 16.5. The lowest BCUT2D eigenvalue weighted by Gasteiger charge is -2.26. The third-order valence-corrected chi connectivity index (χ3v) is 4.63. The molecular weight excluding hydrogens is 254 g/mol. The maximum Gasteiger partial charge on any atom is 0.0610 e. The van der Waals surface area contributed by atoms with Crippen LogP contribution in [0, 0.1) is 13.8 Å². The summed E-state index contributed by atoms with van der Waals surface area (Å²) in [6.07, 6.45) is 2.15. The summed E-state index contributed by atoms with van der Waals surface area (Å²) in [5, 5.41) is 12.5. The number of hydrogen-bond acceptors (Lipinski definition) is 3. The zero-order chi connectivity index (χ0) is 14.3. The summed E-state index contributed by atoms with van der Waals surface area (Å²) in [6.45, 7) is 6.58. The standard InChI is InChI=1S/C16H27NOS/c1-13-8-14(2)10-15(9-13)11-19-7-5-6-16(3,12-18)17-4/h8-10,17-18H,5-7,11-12H2,1-4H3. The van der Waals surface area contributed by atoms with Crippen molar-refractivity contribution in [2.45, 2.75) is 44.9 Å². The molecule has 2 nitrogen and oxygen atoms in total. The Balaban J connectivity index is 2.27. The molecule has 0 radical (unpaired) electrons. The van der Waals surface area contributed by atoms with Gasteiger partial charge in [-0.15, -0.1) is 0 Å². The van der Waals surface area contributed by atoms with Crippen molar-refractivity contribution < 1.29 is 5.11 Å². The van der Waals surface area contributed by atoms with Crippen molar-refractivity contribution in [3.8, 4) is 0 Å². The Bertz CT molecular complexity index is 368. The Morgan fingerprint density at radius 2 is 1.84 bits per heavy atom. The highest BCUT2D eigenvalue weighted by molar-refractivity contribution is 7.98. The van der Waals surface area contributed by atoms with E-state index in [1.165, 1.54) is 16.7 Å². The highest BCUT2D eigenvalue weighted by Crippen LogP contribution is 2.19. The van der Waals surface area contributed by atoms with E-state index in [1.54, 1.807) is 0 Å². The van der Waals surface area contributed by atoms with Gasteiger partial charge >= 0.3 is 0 Å². The summed E-state index contributed by atoms with van der Waals surface area (Å²) in [6, 6.07) is 6.75. The molecule has 19 heavy (non-hydrogen) atoms. The average molecular weight is 281 g/mol. The van der Waals surface area contributed by atoms with Crippen LogP contribution in [-0.2, 0) is 5.75 Å². The number of rotatable bonds is 8. The molecule has 2 N–H and O–H groups in total. The molecule has 1 aromatic rings. The van der Waals surface area contributed by atoms with Gasteiger partial charge in [0.05, 0.1) is 6.61 Å². The maximum atomic E-state index is 9.31. The van der Waals surface area contributed by atoms with Gasteiger partial charge in [0.2, 0.25) is 0 Å². The largest absolute Gasteiger partial charge is 0.394 e. The van der Waals surface area contributed by atoms with E-state index in [9.17, 15) is 5.11 Å². The molecule has 0 aliphatic rings. The fourth-order valence-electron chi connectivity index (χ4n) is 2.19. The lowest BCUT2D eigenvalue weighted by molar-refractivity contribution is 0.173. The molecule has 108 valence electrons. The molecule has 0 aromatic heterocycles. The maximum absolute atomic E-state index is 9.31. The third-order valence-electron chi connectivity index (χ3n) is 3.52. The van der Waals surface area contributed by atoms with Crippen molar-refractivity contribution in [2.24, 2.45) is 0 Å². The smallest absolute Gasteiger partial charge is 0.0610 e. The lowest BCUT2D eigenvalue weighted by Crippen LogP contribution is -2.43. The van der Waals surface area contributed by atoms with Crippen LogP contribution in [0.4, 0.5) is 0 Å². The number of likely N-dealkylation sites (N-methyl/N-ethyl adjacent to an activating group) is 1. The van der Waals surface area contributed by atoms with Crippen molar-refractivity contribution in [3.63, 3.8) is 0 Å². The van der Waals surface area contributed by atoms with Gasteiger partial charge in [0.1, 0.15) is 0 Å². The number of nitrogens with one attached hydrogen (secondary N) is 1. The van der Waals surface area contributed by atoms with Crippen LogP contribution < -0.4 is 5.32 Å². The predicted octanol–water partition coefficient (Wildman–Crippen LogP) is 3.29. The predicted molar refractivity (Wildman–Crippen MR) is 85.9 cm³/mol. The highest BCUT2D eigenvalue weighted by atomic mass is 32.2. The molecule has 1 atom stereocenters. The van der Waals surface area contributed by atoms with Crippen LogP contribution in [0.5, 0.6) is 0 Å². The number of aliphatic hydroxyl groups is 1. The van der Waals surface area contributed by atoms with E-state index in [0.29, 0.717) is 0 Å². The zero-order valence-electron chi connectivity index (χ0n) is 12.6. The second-order valence-electron chi connectivity index (χ2n) is 5.62. The SMILES string of the molecule is CNC(C)(CO)CCCSCc1cc(C)cc(C)c1. The highest BCUT2D eigenvalue weighted by Gasteiger charge is 2.19. The number of hydrogen-bond donors (Lipinski definition) is 2. The van der Waals surface area contributed by atoms with E-state index in [1.807, 2.05) is 18.8 Å². The van der Waals surface area contributed by atoms with Crippen LogP contribution in [0.15, 0.2) is 18.2 Å². The number of benzene rings is 1. The van der Waals surface area contributed by atoms with Gasteiger partial charge in [-0.2, -0.15) is 11.8 Å². The van der Waals surface area contributed by atoms with Crippen LogP contribution >= 0.6 is 11.8 Å². The van der Waals surface area contributed by atoms with E-state index in [0.717, 1.165) is 24.3 Å². The van der Waals surface area contributed by atoms with Crippen LogP contribution in [0.25, 0.3) is 0 Å². The van der Waals surface area contributed by atoms with Crippen molar-refractivity contribution in [2.75, 3.05) is 19.4 Å². The van der Waals surface area contributed by atoms with Crippen LogP contribution in [0.2, 0.25) is 0 Å². The minimum Gasteiger partial charge on any atom is -0.394 e. The monoisotopic (exact) mass is 281 g/mol. The fourth-order valence-corrected chi connectivity index (χ4v) is 3.09. The second kappa shape index (κ2) is 7.93. The summed E-state index contributed by atoms with van der Waals surface area (Å²) < 4.78 is 0. The van der Waals surface area contributed by atoms with Crippen LogP contribution in [-0.4, -0.2) is 30.1 Å². The lowest BCUT2D eigenvalue weighted by atomic mass is 9.98. The quantitative estimate of drug-likeness (QED) is 0.717. The molecule has 0 spiro atoms. The van der Waals surface area contributed by atoms with Gasteiger partial charge in [-0.05, 0) is 52.0 Å². The molecule has 1 rings (SSSR count). The van der Waals surface area contributed by atoms with E-state index in [2.05, 4.69) is 44.3 Å². The third kappa shape index (κ3) is 5.98. The Morgan fingerprint density at radius 3 is 2.37 bits per heavy atom. The van der Waals surface area contributed by atoms with Gasteiger partial charge in [0, 0.05) is 11.3 Å². The van der Waals surface area contributed by atoms with Gasteiger partial charge in [-0.1, -0.05) is 29.3 Å².